The van der Waals surface area contributed by atoms with Crippen LogP contribution in [0.25, 0.3) is 0 Å². The summed E-state index contributed by atoms with van der Waals surface area (Å²) in [5.41, 5.74) is 15.8. The summed E-state index contributed by atoms with van der Waals surface area (Å²) in [5, 5.41) is 31.0. The Morgan fingerprint density at radius 3 is 1.09 bits per heavy atom. The summed E-state index contributed by atoms with van der Waals surface area (Å²) in [6, 6.07) is 24.1. The van der Waals surface area contributed by atoms with Gasteiger partial charge in [-0.25, -0.2) is 0 Å². The smallest absolute Gasteiger partial charge is 0.0860 e. The van der Waals surface area contributed by atoms with Crippen LogP contribution in [0.15, 0.2) is 60.7 Å². The van der Waals surface area contributed by atoms with Gasteiger partial charge in [-0.2, -0.15) is 0 Å². The van der Waals surface area contributed by atoms with Crippen molar-refractivity contribution in [2.75, 3.05) is 0 Å². The van der Waals surface area contributed by atoms with Crippen molar-refractivity contribution < 1.29 is 0 Å². The number of nitrogens with one attached hydrogen (secondary N) is 8. The maximum absolute atomic E-state index is 6.62. The van der Waals surface area contributed by atoms with E-state index >= 15 is 0 Å². The fraction of sp³-hybridized carbons (Fsp3) is 0.727. The Balaban J connectivity index is 0.000000126. The summed E-state index contributed by atoms with van der Waals surface area (Å²) in [7, 11) is 0. The van der Waals surface area contributed by atoms with Gasteiger partial charge < -0.3 is 22.1 Å². The molecule has 6 aliphatic carbocycles. The van der Waals surface area contributed by atoms with E-state index in [9.17, 15) is 0 Å². The van der Waals surface area contributed by atoms with E-state index in [0.717, 1.165) is 47.3 Å². The van der Waals surface area contributed by atoms with E-state index in [1.807, 2.05) is 0 Å². The van der Waals surface area contributed by atoms with Gasteiger partial charge in [0, 0.05) is 24.2 Å². The third kappa shape index (κ3) is 5.96. The molecule has 54 heavy (non-hydrogen) atoms. The Labute approximate surface area is 322 Å². The van der Waals surface area contributed by atoms with Crippen LogP contribution in [-0.2, 0) is 0 Å². The van der Waals surface area contributed by atoms with E-state index in [4.69, 9.17) is 11.5 Å². The summed E-state index contributed by atoms with van der Waals surface area (Å²) >= 11 is 0. The van der Waals surface area contributed by atoms with E-state index in [2.05, 4.69) is 103 Å². The van der Waals surface area contributed by atoms with Gasteiger partial charge in [0.15, 0.2) is 0 Å². The zero-order valence-corrected chi connectivity index (χ0v) is 32.0. The molecule has 0 amide bonds. The van der Waals surface area contributed by atoms with E-state index in [1.54, 1.807) is 0 Å². The molecule has 10 nitrogen and oxygen atoms in total. The van der Waals surface area contributed by atoms with Gasteiger partial charge in [-0.3, -0.25) is 31.9 Å². The van der Waals surface area contributed by atoms with Gasteiger partial charge in [0.05, 0.1) is 49.1 Å². The number of piperazine rings is 2. The summed E-state index contributed by atoms with van der Waals surface area (Å²) in [4.78, 5) is 0. The minimum absolute atomic E-state index is 0.0445. The summed E-state index contributed by atoms with van der Waals surface area (Å²) in [6.45, 7) is 0. The third-order valence-corrected chi connectivity index (χ3v) is 16.8. The van der Waals surface area contributed by atoms with Gasteiger partial charge in [-0.1, -0.05) is 112 Å². The van der Waals surface area contributed by atoms with Crippen molar-refractivity contribution in [1.82, 2.24) is 42.5 Å². The van der Waals surface area contributed by atoms with Crippen LogP contribution >= 0.6 is 0 Å². The average molecular weight is 735 g/mol. The van der Waals surface area contributed by atoms with Gasteiger partial charge >= 0.3 is 0 Å². The maximum atomic E-state index is 6.62. The van der Waals surface area contributed by atoms with Gasteiger partial charge in [0.25, 0.3) is 0 Å². The van der Waals surface area contributed by atoms with Crippen LogP contribution in [0.5, 0.6) is 0 Å². The van der Waals surface area contributed by atoms with Gasteiger partial charge in [-0.05, 0) is 84.2 Å². The number of benzene rings is 2. The molecule has 12 rings (SSSR count). The molecule has 4 heterocycles. The lowest BCUT2D eigenvalue weighted by Gasteiger charge is -2.51. The van der Waals surface area contributed by atoms with Crippen molar-refractivity contribution in [3.8, 4) is 0 Å². The molecule has 4 aliphatic heterocycles. The normalized spacial score (nSPS) is 51.1. The van der Waals surface area contributed by atoms with Crippen LogP contribution < -0.4 is 54.0 Å². The monoisotopic (exact) mass is 735 g/mol. The molecular formula is C44H66N10. The Bertz CT molecular complexity index is 1470. The molecule has 0 radical (unpaired) electrons. The standard InChI is InChI=1S/2C22H33N5/c2*23-20-19-22(27-21(26-20)13-6-2-1-3-7-13)25-18-15-11-5-9-12-8-4-10-14(16(12)15)17(18)24-19/h2*1-3,6-7,12,14-22,24-27H,4-5,8-11,23H2. The van der Waals surface area contributed by atoms with Crippen molar-refractivity contribution in [3.63, 3.8) is 0 Å². The zero-order chi connectivity index (χ0) is 35.9. The fourth-order valence-corrected chi connectivity index (χ4v) is 14.9. The van der Waals surface area contributed by atoms with Crippen molar-refractivity contribution >= 4 is 0 Å². The average Bonchev–Trinajstić information content (AvgIpc) is 3.71. The van der Waals surface area contributed by atoms with Crippen LogP contribution in [0.1, 0.15) is 101 Å². The van der Waals surface area contributed by atoms with E-state index in [1.165, 1.54) is 88.2 Å². The first-order valence-corrected chi connectivity index (χ1v) is 22.3. The molecule has 6 saturated carbocycles. The van der Waals surface area contributed by atoms with Gasteiger partial charge in [0.1, 0.15) is 0 Å². The molecule has 20 atom stereocenters. The molecule has 0 bridgehead atoms. The molecule has 10 aliphatic rings. The van der Waals surface area contributed by atoms with E-state index in [0.29, 0.717) is 24.2 Å². The highest BCUT2D eigenvalue weighted by Crippen LogP contribution is 2.57. The Morgan fingerprint density at radius 1 is 0.370 bits per heavy atom. The lowest BCUT2D eigenvalue weighted by Crippen LogP contribution is -2.80. The maximum Gasteiger partial charge on any atom is 0.0860 e. The van der Waals surface area contributed by atoms with E-state index < -0.39 is 0 Å². The van der Waals surface area contributed by atoms with Crippen molar-refractivity contribution in [2.24, 2.45) is 58.8 Å². The van der Waals surface area contributed by atoms with Crippen molar-refractivity contribution in [2.45, 2.75) is 150 Å². The largest absolute Gasteiger partial charge is 0.314 e. The second kappa shape index (κ2) is 14.5. The zero-order valence-electron chi connectivity index (χ0n) is 32.0. The lowest BCUT2D eigenvalue weighted by molar-refractivity contribution is 0.0851. The fourth-order valence-electron chi connectivity index (χ4n) is 14.9. The first kappa shape index (κ1) is 35.2. The minimum Gasteiger partial charge on any atom is -0.314 e. The van der Waals surface area contributed by atoms with Crippen LogP contribution in [0.4, 0.5) is 0 Å². The molecule has 2 aromatic carbocycles. The highest BCUT2D eigenvalue weighted by molar-refractivity contribution is 5.24. The number of hydrogen-bond donors (Lipinski definition) is 10. The summed E-state index contributed by atoms with van der Waals surface area (Å²) in [5.74, 6) is 7.27. The number of hydrogen-bond acceptors (Lipinski definition) is 10. The number of nitrogens with two attached hydrogens (primary N) is 2. The van der Waals surface area contributed by atoms with Gasteiger partial charge in [-0.15, -0.1) is 0 Å². The summed E-state index contributed by atoms with van der Waals surface area (Å²) in [6.07, 6.45) is 17.8. The second-order valence-corrected chi connectivity index (χ2v) is 19.2. The van der Waals surface area contributed by atoms with E-state index in [-0.39, 0.29) is 49.1 Å². The Kier molecular flexibility index (Phi) is 9.43. The molecule has 0 spiro atoms. The quantitative estimate of drug-likeness (QED) is 0.223. The molecule has 10 heteroatoms. The SMILES string of the molecule is NC1NC(c2ccccc2)NC2NC3C4CCCC5CCCC(C3NC12)C54.NC1NC(c2ccccc2)NC2NC3C4CCCC5CCCC(C3NC12)C54. The molecular weight excluding hydrogens is 669 g/mol. The first-order valence-electron chi connectivity index (χ1n) is 22.3. The minimum atomic E-state index is -0.0445. The predicted octanol–water partition coefficient (Wildman–Crippen LogP) is 3.27. The third-order valence-electron chi connectivity index (χ3n) is 16.8. The van der Waals surface area contributed by atoms with Crippen LogP contribution in [0.2, 0.25) is 0 Å². The van der Waals surface area contributed by atoms with Crippen LogP contribution in [0, 0.1) is 47.3 Å². The van der Waals surface area contributed by atoms with Crippen molar-refractivity contribution in [1.29, 1.82) is 0 Å². The van der Waals surface area contributed by atoms with Crippen LogP contribution in [0.3, 0.4) is 0 Å². The first-order chi connectivity index (χ1) is 26.6. The molecule has 2 aromatic rings. The molecule has 4 saturated heterocycles. The van der Waals surface area contributed by atoms with Crippen LogP contribution in [-0.4, -0.2) is 60.9 Å². The summed E-state index contributed by atoms with van der Waals surface area (Å²) < 4.78 is 0. The molecule has 12 N–H and O–H groups in total. The number of fused-ring (bicyclic) bond motifs is 8. The lowest BCUT2D eigenvalue weighted by atomic mass is 9.64. The molecule has 10 fully saturated rings. The molecule has 292 valence electrons. The number of rotatable bonds is 2. The Hall–Kier alpha value is -1.96. The highest BCUT2D eigenvalue weighted by atomic mass is 15.4. The van der Waals surface area contributed by atoms with Gasteiger partial charge in [0.2, 0.25) is 0 Å². The topological polar surface area (TPSA) is 148 Å². The highest BCUT2D eigenvalue weighted by Gasteiger charge is 2.60. The predicted molar refractivity (Wildman–Crippen MR) is 213 cm³/mol. The molecule has 0 aromatic heterocycles. The van der Waals surface area contributed by atoms with Crippen molar-refractivity contribution in [3.05, 3.63) is 71.8 Å². The Morgan fingerprint density at radius 2 is 0.722 bits per heavy atom. The second-order valence-electron chi connectivity index (χ2n) is 19.2. The molecule has 20 unspecified atom stereocenters.